The van der Waals surface area contributed by atoms with Gasteiger partial charge in [0, 0.05) is 30.7 Å². The van der Waals surface area contributed by atoms with Crippen LogP contribution in [0.5, 0.6) is 0 Å². The van der Waals surface area contributed by atoms with Crippen molar-refractivity contribution in [3.8, 4) is 0 Å². The maximum absolute atomic E-state index is 12.7. The average Bonchev–Trinajstić information content (AvgIpc) is 2.97. The van der Waals surface area contributed by atoms with Crippen LogP contribution in [0.2, 0.25) is 0 Å². The van der Waals surface area contributed by atoms with Crippen molar-refractivity contribution in [1.82, 2.24) is 14.9 Å². The van der Waals surface area contributed by atoms with Crippen molar-refractivity contribution in [2.75, 3.05) is 23.4 Å². The van der Waals surface area contributed by atoms with Gasteiger partial charge in [0.25, 0.3) is 5.91 Å². The van der Waals surface area contributed by atoms with E-state index in [0.717, 1.165) is 5.69 Å². The number of carbonyl (C=O) groups is 1. The summed E-state index contributed by atoms with van der Waals surface area (Å²) in [7, 11) is -3.04. The first kappa shape index (κ1) is 17.3. The molecule has 0 aliphatic carbocycles. The van der Waals surface area contributed by atoms with Crippen LogP contribution in [0.25, 0.3) is 0 Å². The Morgan fingerprint density at radius 2 is 1.92 bits per heavy atom. The molecule has 0 saturated carbocycles. The van der Waals surface area contributed by atoms with Gasteiger partial charge in [-0.1, -0.05) is 18.2 Å². The van der Waals surface area contributed by atoms with E-state index in [1.54, 1.807) is 4.90 Å². The van der Waals surface area contributed by atoms with Crippen LogP contribution in [0.15, 0.2) is 42.7 Å². The number of nitrogens with one attached hydrogen (secondary N) is 1. The number of rotatable bonds is 5. The summed E-state index contributed by atoms with van der Waals surface area (Å²) in [6.07, 6.45) is 3.41. The van der Waals surface area contributed by atoms with Crippen LogP contribution >= 0.6 is 0 Å². The molecule has 1 amide bonds. The monoisotopic (exact) mass is 360 g/mol. The summed E-state index contributed by atoms with van der Waals surface area (Å²) in [6.45, 7) is 2.29. The van der Waals surface area contributed by atoms with Gasteiger partial charge in [-0.15, -0.1) is 0 Å². The summed E-state index contributed by atoms with van der Waals surface area (Å²) in [5.74, 6) is 0.323. The van der Waals surface area contributed by atoms with Crippen molar-refractivity contribution in [3.05, 3.63) is 48.3 Å². The summed E-state index contributed by atoms with van der Waals surface area (Å²) in [5.41, 5.74) is 1.21. The molecular weight excluding hydrogens is 340 g/mol. The smallest absolute Gasteiger partial charge is 0.257 e. The highest BCUT2D eigenvalue weighted by Gasteiger charge is 2.34. The van der Waals surface area contributed by atoms with E-state index in [1.807, 2.05) is 37.3 Å². The van der Waals surface area contributed by atoms with Gasteiger partial charge in [0.2, 0.25) is 5.95 Å². The van der Waals surface area contributed by atoms with E-state index >= 15 is 0 Å². The predicted molar refractivity (Wildman–Crippen MR) is 95.5 cm³/mol. The molecule has 1 saturated heterocycles. The molecule has 0 radical (unpaired) electrons. The maximum atomic E-state index is 12.7. The lowest BCUT2D eigenvalue weighted by Gasteiger charge is -2.26. The van der Waals surface area contributed by atoms with E-state index < -0.39 is 9.84 Å². The Labute approximate surface area is 147 Å². The van der Waals surface area contributed by atoms with Gasteiger partial charge in [0.05, 0.1) is 17.1 Å². The van der Waals surface area contributed by atoms with Crippen molar-refractivity contribution in [3.63, 3.8) is 0 Å². The first-order chi connectivity index (χ1) is 12.0. The topological polar surface area (TPSA) is 92.3 Å². The third-order valence-corrected chi connectivity index (χ3v) is 5.93. The number of benzene rings is 1. The molecule has 1 N–H and O–H groups in total. The third-order valence-electron chi connectivity index (χ3n) is 4.18. The van der Waals surface area contributed by atoms with E-state index in [-0.39, 0.29) is 23.5 Å². The molecule has 3 rings (SSSR count). The molecule has 1 fully saturated rings. The van der Waals surface area contributed by atoms with Crippen LogP contribution < -0.4 is 5.32 Å². The van der Waals surface area contributed by atoms with Gasteiger partial charge in [0.15, 0.2) is 9.84 Å². The Morgan fingerprint density at radius 1 is 1.24 bits per heavy atom. The van der Waals surface area contributed by atoms with Gasteiger partial charge in [0.1, 0.15) is 0 Å². The molecular formula is C17H20N4O3S. The molecule has 2 aromatic rings. The molecule has 0 unspecified atom stereocenters. The molecule has 8 heteroatoms. The molecule has 0 spiro atoms. The van der Waals surface area contributed by atoms with E-state index in [1.165, 1.54) is 12.4 Å². The van der Waals surface area contributed by atoms with Gasteiger partial charge in [-0.25, -0.2) is 18.4 Å². The number of anilines is 2. The number of nitrogens with zero attached hydrogens (tertiary/aromatic N) is 3. The minimum Gasteiger partial charge on any atom is -0.335 e. The standard InChI is InChI=1S/C17H20N4O3S/c1-2-21(15-8-9-25(23,24)12-15)16(22)13-10-18-17(19-11-13)20-14-6-4-3-5-7-14/h3-7,10-11,15H,2,8-9,12H2,1H3,(H,18,19,20)/t15-/m0/s1. The van der Waals surface area contributed by atoms with Crippen LogP contribution in [0.3, 0.4) is 0 Å². The second kappa shape index (κ2) is 7.18. The number of hydrogen-bond acceptors (Lipinski definition) is 6. The van der Waals surface area contributed by atoms with E-state index in [2.05, 4.69) is 15.3 Å². The molecule has 1 aromatic carbocycles. The molecule has 132 valence electrons. The first-order valence-electron chi connectivity index (χ1n) is 8.14. The Balaban J connectivity index is 1.71. The number of carbonyl (C=O) groups excluding carboxylic acids is 1. The van der Waals surface area contributed by atoms with Gasteiger partial charge in [-0.2, -0.15) is 0 Å². The summed E-state index contributed by atoms with van der Waals surface area (Å²) in [4.78, 5) is 22.6. The van der Waals surface area contributed by atoms with Gasteiger partial charge in [-0.05, 0) is 25.5 Å². The number of aromatic nitrogens is 2. The lowest BCUT2D eigenvalue weighted by molar-refractivity contribution is 0.0707. The van der Waals surface area contributed by atoms with Crippen molar-refractivity contribution in [1.29, 1.82) is 0 Å². The normalized spacial score (nSPS) is 18.7. The second-order valence-corrected chi connectivity index (χ2v) is 8.16. The molecule has 1 atom stereocenters. The quantitative estimate of drug-likeness (QED) is 0.875. The highest BCUT2D eigenvalue weighted by atomic mass is 32.2. The van der Waals surface area contributed by atoms with Crippen LogP contribution in [0.4, 0.5) is 11.6 Å². The minimum absolute atomic E-state index is 0.0289. The molecule has 1 aliphatic heterocycles. The van der Waals surface area contributed by atoms with Gasteiger partial charge < -0.3 is 10.2 Å². The van der Waals surface area contributed by atoms with Gasteiger partial charge in [-0.3, -0.25) is 4.79 Å². The SMILES string of the molecule is CCN(C(=O)c1cnc(Nc2ccccc2)nc1)[C@H]1CCS(=O)(=O)C1. The zero-order valence-electron chi connectivity index (χ0n) is 13.9. The van der Waals surface area contributed by atoms with E-state index in [4.69, 9.17) is 0 Å². The predicted octanol–water partition coefficient (Wildman–Crippen LogP) is 1.87. The van der Waals surface area contributed by atoms with Crippen LogP contribution in [0.1, 0.15) is 23.7 Å². The van der Waals surface area contributed by atoms with Crippen molar-refractivity contribution in [2.24, 2.45) is 0 Å². The maximum Gasteiger partial charge on any atom is 0.257 e. The first-order valence-corrected chi connectivity index (χ1v) is 9.96. The molecule has 1 aromatic heterocycles. The minimum atomic E-state index is -3.04. The lowest BCUT2D eigenvalue weighted by atomic mass is 10.2. The average molecular weight is 360 g/mol. The molecule has 7 nitrogen and oxygen atoms in total. The number of sulfone groups is 1. The Kier molecular flexibility index (Phi) is 4.98. The van der Waals surface area contributed by atoms with Crippen molar-refractivity contribution >= 4 is 27.4 Å². The van der Waals surface area contributed by atoms with Crippen molar-refractivity contribution < 1.29 is 13.2 Å². The van der Waals surface area contributed by atoms with E-state index in [9.17, 15) is 13.2 Å². The Bertz CT molecular complexity index is 838. The Morgan fingerprint density at radius 3 is 2.48 bits per heavy atom. The number of amides is 1. The summed E-state index contributed by atoms with van der Waals surface area (Å²) < 4.78 is 23.3. The van der Waals surface area contributed by atoms with Gasteiger partial charge >= 0.3 is 0 Å². The summed E-state index contributed by atoms with van der Waals surface area (Å²) in [6, 6.07) is 9.22. The fraction of sp³-hybridized carbons (Fsp3) is 0.353. The fourth-order valence-corrected chi connectivity index (χ4v) is 4.64. The van der Waals surface area contributed by atoms with Crippen molar-refractivity contribution in [2.45, 2.75) is 19.4 Å². The molecule has 25 heavy (non-hydrogen) atoms. The Hall–Kier alpha value is -2.48. The van der Waals surface area contributed by atoms with Crippen LogP contribution in [0, 0.1) is 0 Å². The molecule has 1 aliphatic rings. The highest BCUT2D eigenvalue weighted by molar-refractivity contribution is 7.91. The third kappa shape index (κ3) is 4.14. The summed E-state index contributed by atoms with van der Waals surface area (Å²) in [5, 5.41) is 3.05. The number of hydrogen-bond donors (Lipinski definition) is 1. The highest BCUT2D eigenvalue weighted by Crippen LogP contribution is 2.20. The zero-order valence-corrected chi connectivity index (χ0v) is 14.7. The van der Waals surface area contributed by atoms with E-state index in [0.29, 0.717) is 24.5 Å². The largest absolute Gasteiger partial charge is 0.335 e. The molecule has 2 heterocycles. The fourth-order valence-electron chi connectivity index (χ4n) is 2.91. The van der Waals surface area contributed by atoms with Crippen LogP contribution in [-0.4, -0.2) is 53.3 Å². The lowest BCUT2D eigenvalue weighted by Crippen LogP contribution is -2.41. The summed E-state index contributed by atoms with van der Waals surface area (Å²) >= 11 is 0. The zero-order chi connectivity index (χ0) is 17.9. The molecule has 0 bridgehead atoms. The van der Waals surface area contributed by atoms with Crippen LogP contribution in [-0.2, 0) is 9.84 Å². The number of para-hydroxylation sites is 1. The second-order valence-electron chi connectivity index (χ2n) is 5.93.